The molecule has 1 heterocycles. The molecule has 0 aliphatic carbocycles. The van der Waals surface area contributed by atoms with Gasteiger partial charge in [0.2, 0.25) is 0 Å². The minimum Gasteiger partial charge on any atom is -0.496 e. The van der Waals surface area contributed by atoms with E-state index in [-0.39, 0.29) is 6.04 Å². The number of aryl methyl sites for hydroxylation is 1. The zero-order valence-electron chi connectivity index (χ0n) is 11.1. The molecule has 1 aromatic carbocycles. The molecule has 0 aliphatic heterocycles. The number of hydrogen-bond donors (Lipinski definition) is 1. The number of hydrogen-bond acceptors (Lipinski definition) is 4. The Kier molecular flexibility index (Phi) is 4.50. The van der Waals surface area contributed by atoms with Crippen LogP contribution in [0.15, 0.2) is 28.7 Å². The molecule has 5 heteroatoms. The Balaban J connectivity index is 2.54. The Morgan fingerprint density at radius 1 is 1.21 bits per heavy atom. The lowest BCUT2D eigenvalue weighted by molar-refractivity contribution is 0.382. The van der Waals surface area contributed by atoms with Crippen molar-refractivity contribution in [1.29, 1.82) is 0 Å². The first-order valence-electron chi connectivity index (χ1n) is 5.80. The number of methoxy groups -OCH3 is 2. The van der Waals surface area contributed by atoms with Crippen molar-refractivity contribution in [3.63, 3.8) is 0 Å². The molecule has 1 aromatic heterocycles. The van der Waals surface area contributed by atoms with E-state index in [1.54, 1.807) is 25.6 Å². The summed E-state index contributed by atoms with van der Waals surface area (Å²) in [5.41, 5.74) is 7.27. The fourth-order valence-corrected chi connectivity index (χ4v) is 3.94. The van der Waals surface area contributed by atoms with Crippen LogP contribution in [0.4, 0.5) is 0 Å². The zero-order valence-corrected chi connectivity index (χ0v) is 13.5. The van der Waals surface area contributed by atoms with Gasteiger partial charge < -0.3 is 15.2 Å². The summed E-state index contributed by atoms with van der Waals surface area (Å²) in [6, 6.07) is 7.47. The molecule has 2 rings (SSSR count). The maximum absolute atomic E-state index is 6.40. The highest BCUT2D eigenvalue weighted by Gasteiger charge is 2.22. The van der Waals surface area contributed by atoms with Gasteiger partial charge in [0.15, 0.2) is 0 Å². The second kappa shape index (κ2) is 5.94. The summed E-state index contributed by atoms with van der Waals surface area (Å²) >= 11 is 5.23. The molecule has 0 amide bonds. The Bertz CT molecular complexity index is 561. The smallest absolute Gasteiger partial charge is 0.127 e. The number of ether oxygens (including phenoxy) is 2. The van der Waals surface area contributed by atoms with Crippen molar-refractivity contribution in [2.45, 2.75) is 13.0 Å². The average molecular weight is 342 g/mol. The minimum atomic E-state index is -0.279. The largest absolute Gasteiger partial charge is 0.496 e. The van der Waals surface area contributed by atoms with Gasteiger partial charge in [0.05, 0.1) is 25.8 Å². The number of nitrogens with two attached hydrogens (primary N) is 1. The van der Waals surface area contributed by atoms with Gasteiger partial charge in [-0.15, -0.1) is 11.3 Å². The quantitative estimate of drug-likeness (QED) is 0.917. The number of rotatable bonds is 4. The van der Waals surface area contributed by atoms with Gasteiger partial charge in [-0.25, -0.2) is 0 Å². The standard InChI is InChI=1S/C14H16BrNO2S/c1-8-7-9(15)14(19-8)13(16)12-10(17-2)5-4-6-11(12)18-3/h4-7,13H,16H2,1-3H3. The zero-order chi connectivity index (χ0) is 14.0. The summed E-state index contributed by atoms with van der Waals surface area (Å²) in [6.07, 6.45) is 0. The molecule has 0 aliphatic rings. The van der Waals surface area contributed by atoms with Crippen LogP contribution < -0.4 is 15.2 Å². The molecule has 1 atom stereocenters. The number of thiophene rings is 1. The molecular weight excluding hydrogens is 326 g/mol. The molecular formula is C14H16BrNO2S. The van der Waals surface area contributed by atoms with Gasteiger partial charge in [0.25, 0.3) is 0 Å². The van der Waals surface area contributed by atoms with Gasteiger partial charge in [-0.2, -0.15) is 0 Å². The van der Waals surface area contributed by atoms with Crippen LogP contribution in [0.2, 0.25) is 0 Å². The molecule has 0 saturated heterocycles. The molecule has 2 aromatic rings. The van der Waals surface area contributed by atoms with Crippen LogP contribution in [-0.2, 0) is 0 Å². The van der Waals surface area contributed by atoms with E-state index in [0.29, 0.717) is 0 Å². The lowest BCUT2D eigenvalue weighted by atomic mass is 10.0. The number of halogens is 1. The molecule has 1 unspecified atom stereocenters. The van der Waals surface area contributed by atoms with Crippen LogP contribution in [0, 0.1) is 6.92 Å². The minimum absolute atomic E-state index is 0.279. The van der Waals surface area contributed by atoms with Crippen LogP contribution in [0.25, 0.3) is 0 Å². The summed E-state index contributed by atoms with van der Waals surface area (Å²) in [6.45, 7) is 2.06. The fourth-order valence-electron chi connectivity index (χ4n) is 2.03. The molecule has 3 nitrogen and oxygen atoms in total. The molecule has 0 fully saturated rings. The summed E-state index contributed by atoms with van der Waals surface area (Å²) < 4.78 is 11.8. The second-order valence-electron chi connectivity index (χ2n) is 4.12. The predicted octanol–water partition coefficient (Wildman–Crippen LogP) is 3.88. The third kappa shape index (κ3) is 2.78. The van der Waals surface area contributed by atoms with Crippen molar-refractivity contribution in [2.24, 2.45) is 5.73 Å². The summed E-state index contributed by atoms with van der Waals surface area (Å²) in [4.78, 5) is 2.28. The van der Waals surface area contributed by atoms with Crippen LogP contribution in [0.5, 0.6) is 11.5 Å². The van der Waals surface area contributed by atoms with Crippen LogP contribution in [-0.4, -0.2) is 14.2 Å². The second-order valence-corrected chi connectivity index (χ2v) is 6.27. The van der Waals surface area contributed by atoms with Crippen LogP contribution in [0.1, 0.15) is 21.4 Å². The van der Waals surface area contributed by atoms with Crippen LogP contribution in [0.3, 0.4) is 0 Å². The lowest BCUT2D eigenvalue weighted by Gasteiger charge is -2.18. The average Bonchev–Trinajstić information content (AvgIpc) is 2.75. The van der Waals surface area contributed by atoms with Gasteiger partial charge >= 0.3 is 0 Å². The van der Waals surface area contributed by atoms with Crippen molar-refractivity contribution >= 4 is 27.3 Å². The van der Waals surface area contributed by atoms with Gasteiger partial charge in [0, 0.05) is 14.2 Å². The van der Waals surface area contributed by atoms with Crippen molar-refractivity contribution in [1.82, 2.24) is 0 Å². The highest BCUT2D eigenvalue weighted by Crippen LogP contribution is 2.41. The third-order valence-corrected chi connectivity index (χ3v) is 4.95. The van der Waals surface area contributed by atoms with E-state index in [1.807, 2.05) is 18.2 Å². The Hall–Kier alpha value is -1.04. The molecule has 0 radical (unpaired) electrons. The van der Waals surface area contributed by atoms with E-state index in [1.165, 1.54) is 4.88 Å². The first kappa shape index (κ1) is 14.4. The van der Waals surface area contributed by atoms with E-state index >= 15 is 0 Å². The first-order chi connectivity index (χ1) is 9.08. The van der Waals surface area contributed by atoms with Gasteiger partial charge in [-0.3, -0.25) is 0 Å². The van der Waals surface area contributed by atoms with Crippen molar-refractivity contribution in [2.75, 3.05) is 14.2 Å². The van der Waals surface area contributed by atoms with E-state index in [4.69, 9.17) is 15.2 Å². The predicted molar refractivity (Wildman–Crippen MR) is 82.3 cm³/mol. The summed E-state index contributed by atoms with van der Waals surface area (Å²) in [5, 5.41) is 0. The first-order valence-corrected chi connectivity index (χ1v) is 7.41. The van der Waals surface area contributed by atoms with E-state index in [0.717, 1.165) is 26.4 Å². The Morgan fingerprint density at radius 3 is 2.21 bits per heavy atom. The molecule has 0 spiro atoms. The summed E-state index contributed by atoms with van der Waals surface area (Å²) in [5.74, 6) is 1.48. The molecule has 2 N–H and O–H groups in total. The monoisotopic (exact) mass is 341 g/mol. The van der Waals surface area contributed by atoms with E-state index in [9.17, 15) is 0 Å². The molecule has 19 heavy (non-hydrogen) atoms. The topological polar surface area (TPSA) is 44.5 Å². The fraction of sp³-hybridized carbons (Fsp3) is 0.286. The molecule has 102 valence electrons. The van der Waals surface area contributed by atoms with Crippen LogP contribution >= 0.6 is 27.3 Å². The van der Waals surface area contributed by atoms with Crippen molar-refractivity contribution in [3.05, 3.63) is 44.1 Å². The number of benzene rings is 1. The normalized spacial score (nSPS) is 12.3. The van der Waals surface area contributed by atoms with Gasteiger partial charge in [-0.1, -0.05) is 6.07 Å². The van der Waals surface area contributed by atoms with Gasteiger partial charge in [0.1, 0.15) is 11.5 Å². The van der Waals surface area contributed by atoms with Gasteiger partial charge in [-0.05, 0) is 41.1 Å². The molecule has 0 bridgehead atoms. The Labute approximate surface area is 125 Å². The SMILES string of the molecule is COc1cccc(OC)c1C(N)c1sc(C)cc1Br. The van der Waals surface area contributed by atoms with Crippen molar-refractivity contribution < 1.29 is 9.47 Å². The maximum atomic E-state index is 6.40. The lowest BCUT2D eigenvalue weighted by Crippen LogP contribution is -2.13. The highest BCUT2D eigenvalue weighted by molar-refractivity contribution is 9.10. The molecule has 0 saturated carbocycles. The third-order valence-electron chi connectivity index (χ3n) is 2.90. The highest BCUT2D eigenvalue weighted by atomic mass is 79.9. The Morgan fingerprint density at radius 2 is 1.79 bits per heavy atom. The summed E-state index contributed by atoms with van der Waals surface area (Å²) in [7, 11) is 3.28. The van der Waals surface area contributed by atoms with Crippen molar-refractivity contribution in [3.8, 4) is 11.5 Å². The maximum Gasteiger partial charge on any atom is 0.127 e. The van der Waals surface area contributed by atoms with E-state index in [2.05, 4.69) is 28.9 Å². The van der Waals surface area contributed by atoms with E-state index < -0.39 is 0 Å².